The van der Waals surface area contributed by atoms with E-state index in [1.165, 1.54) is 19.1 Å². The van der Waals surface area contributed by atoms with E-state index in [2.05, 4.69) is 5.32 Å². The monoisotopic (exact) mass is 236 g/mol. The van der Waals surface area contributed by atoms with Gasteiger partial charge in [-0.25, -0.2) is 9.18 Å². The van der Waals surface area contributed by atoms with Crippen molar-refractivity contribution >= 4 is 11.7 Å². The summed E-state index contributed by atoms with van der Waals surface area (Å²) in [6.45, 7) is 3.23. The van der Waals surface area contributed by atoms with E-state index in [4.69, 9.17) is 10.4 Å². The molecule has 17 heavy (non-hydrogen) atoms. The quantitative estimate of drug-likeness (QED) is 0.841. The predicted molar refractivity (Wildman–Crippen MR) is 61.1 cm³/mol. The Morgan fingerprint density at radius 3 is 2.76 bits per heavy atom. The van der Waals surface area contributed by atoms with E-state index in [0.717, 1.165) is 6.07 Å². The molecule has 0 bridgehead atoms. The molecule has 5 heteroatoms. The number of nitrogens with zero attached hydrogens (tertiary/aromatic N) is 1. The Hall–Kier alpha value is -2.09. The molecule has 0 aliphatic carbocycles. The van der Waals surface area contributed by atoms with Crippen molar-refractivity contribution in [1.29, 1.82) is 5.26 Å². The molecule has 0 heterocycles. The van der Waals surface area contributed by atoms with Gasteiger partial charge in [-0.2, -0.15) is 5.26 Å². The SMILES string of the molecule is CCC(C)(Nc1ccc(F)cc1C#N)C(=O)O. The highest BCUT2D eigenvalue weighted by molar-refractivity contribution is 5.82. The highest BCUT2D eigenvalue weighted by atomic mass is 19.1. The van der Waals surface area contributed by atoms with Crippen LogP contribution in [0.5, 0.6) is 0 Å². The van der Waals surface area contributed by atoms with Crippen molar-refractivity contribution in [1.82, 2.24) is 0 Å². The van der Waals surface area contributed by atoms with Crippen LogP contribution in [0.1, 0.15) is 25.8 Å². The van der Waals surface area contributed by atoms with Crippen LogP contribution in [-0.4, -0.2) is 16.6 Å². The van der Waals surface area contributed by atoms with Gasteiger partial charge in [0.2, 0.25) is 0 Å². The molecule has 1 rings (SSSR count). The Bertz CT molecular complexity index is 482. The van der Waals surface area contributed by atoms with Crippen LogP contribution in [0.25, 0.3) is 0 Å². The predicted octanol–water partition coefficient (Wildman–Crippen LogP) is 2.36. The Kier molecular flexibility index (Phi) is 3.69. The highest BCUT2D eigenvalue weighted by Crippen LogP contribution is 2.22. The number of benzene rings is 1. The largest absolute Gasteiger partial charge is 0.480 e. The second-order valence-electron chi connectivity index (χ2n) is 3.92. The van der Waals surface area contributed by atoms with E-state index < -0.39 is 17.3 Å². The van der Waals surface area contributed by atoms with Crippen molar-refractivity contribution in [2.75, 3.05) is 5.32 Å². The van der Waals surface area contributed by atoms with E-state index >= 15 is 0 Å². The number of anilines is 1. The molecular weight excluding hydrogens is 223 g/mol. The molecule has 0 aromatic heterocycles. The lowest BCUT2D eigenvalue weighted by atomic mass is 9.98. The number of halogens is 1. The number of carbonyl (C=O) groups is 1. The summed E-state index contributed by atoms with van der Waals surface area (Å²) < 4.78 is 12.9. The molecule has 0 saturated heterocycles. The van der Waals surface area contributed by atoms with Gasteiger partial charge in [0.1, 0.15) is 17.4 Å². The molecule has 1 unspecified atom stereocenters. The van der Waals surface area contributed by atoms with Gasteiger partial charge in [-0.3, -0.25) is 0 Å². The summed E-state index contributed by atoms with van der Waals surface area (Å²) in [6, 6.07) is 5.44. The minimum absolute atomic E-state index is 0.0888. The number of nitriles is 1. The number of rotatable bonds is 4. The van der Waals surface area contributed by atoms with Crippen LogP contribution < -0.4 is 5.32 Å². The minimum Gasteiger partial charge on any atom is -0.480 e. The highest BCUT2D eigenvalue weighted by Gasteiger charge is 2.31. The summed E-state index contributed by atoms with van der Waals surface area (Å²) in [6.07, 6.45) is 0.338. The van der Waals surface area contributed by atoms with Gasteiger partial charge >= 0.3 is 5.97 Å². The van der Waals surface area contributed by atoms with E-state index in [1.807, 2.05) is 6.07 Å². The summed E-state index contributed by atoms with van der Waals surface area (Å²) >= 11 is 0. The third-order valence-corrected chi connectivity index (χ3v) is 2.69. The number of hydrogen-bond acceptors (Lipinski definition) is 3. The normalized spacial score (nSPS) is 13.5. The average Bonchev–Trinajstić information content (AvgIpc) is 2.30. The third kappa shape index (κ3) is 2.72. The number of carboxylic acids is 1. The lowest BCUT2D eigenvalue weighted by Gasteiger charge is -2.26. The molecule has 0 spiro atoms. The molecule has 2 N–H and O–H groups in total. The fraction of sp³-hybridized carbons (Fsp3) is 0.333. The van der Waals surface area contributed by atoms with Crippen molar-refractivity contribution in [2.24, 2.45) is 0 Å². The third-order valence-electron chi connectivity index (χ3n) is 2.69. The molecule has 0 saturated carbocycles. The van der Waals surface area contributed by atoms with Crippen LogP contribution in [0, 0.1) is 17.1 Å². The van der Waals surface area contributed by atoms with Gasteiger partial charge in [0, 0.05) is 0 Å². The van der Waals surface area contributed by atoms with E-state index in [1.54, 1.807) is 6.92 Å². The molecule has 1 atom stereocenters. The fourth-order valence-corrected chi connectivity index (χ4v) is 1.31. The molecule has 0 radical (unpaired) electrons. The topological polar surface area (TPSA) is 73.1 Å². The van der Waals surface area contributed by atoms with Gasteiger partial charge in [-0.15, -0.1) is 0 Å². The second-order valence-corrected chi connectivity index (χ2v) is 3.92. The molecular formula is C12H13FN2O2. The van der Waals surface area contributed by atoms with E-state index in [-0.39, 0.29) is 5.56 Å². The summed E-state index contributed by atoms with van der Waals surface area (Å²) in [4.78, 5) is 11.1. The maximum absolute atomic E-state index is 12.9. The smallest absolute Gasteiger partial charge is 0.329 e. The first-order chi connectivity index (χ1) is 7.92. The van der Waals surface area contributed by atoms with Crippen molar-refractivity contribution in [3.05, 3.63) is 29.6 Å². The first-order valence-electron chi connectivity index (χ1n) is 5.14. The fourth-order valence-electron chi connectivity index (χ4n) is 1.31. The van der Waals surface area contributed by atoms with Gasteiger partial charge in [-0.05, 0) is 31.5 Å². The van der Waals surface area contributed by atoms with Crippen LogP contribution in [-0.2, 0) is 4.79 Å². The van der Waals surface area contributed by atoms with Crippen LogP contribution in [0.15, 0.2) is 18.2 Å². The summed E-state index contributed by atoms with van der Waals surface area (Å²) in [5, 5.41) is 20.7. The zero-order valence-corrected chi connectivity index (χ0v) is 9.62. The summed E-state index contributed by atoms with van der Waals surface area (Å²) in [5.74, 6) is -1.55. The van der Waals surface area contributed by atoms with Crippen LogP contribution >= 0.6 is 0 Å². The first-order valence-corrected chi connectivity index (χ1v) is 5.14. The molecule has 90 valence electrons. The van der Waals surface area contributed by atoms with Gasteiger partial charge in [0.15, 0.2) is 0 Å². The van der Waals surface area contributed by atoms with Crippen LogP contribution in [0.3, 0.4) is 0 Å². The number of hydrogen-bond donors (Lipinski definition) is 2. The number of aliphatic carboxylic acids is 1. The maximum atomic E-state index is 12.9. The van der Waals surface area contributed by atoms with Crippen molar-refractivity contribution < 1.29 is 14.3 Å². The van der Waals surface area contributed by atoms with Crippen LogP contribution in [0.2, 0.25) is 0 Å². The van der Waals surface area contributed by atoms with Crippen LogP contribution in [0.4, 0.5) is 10.1 Å². The zero-order valence-electron chi connectivity index (χ0n) is 9.62. The first kappa shape index (κ1) is 13.0. The van der Waals surface area contributed by atoms with Crippen molar-refractivity contribution in [3.8, 4) is 6.07 Å². The lowest BCUT2D eigenvalue weighted by molar-refractivity contribution is -0.141. The Morgan fingerprint density at radius 2 is 2.29 bits per heavy atom. The molecule has 0 amide bonds. The number of nitrogens with one attached hydrogen (secondary N) is 1. The Balaban J connectivity index is 3.11. The van der Waals surface area contributed by atoms with Gasteiger partial charge < -0.3 is 10.4 Å². The second kappa shape index (κ2) is 4.83. The Morgan fingerprint density at radius 1 is 1.65 bits per heavy atom. The molecule has 4 nitrogen and oxygen atoms in total. The maximum Gasteiger partial charge on any atom is 0.329 e. The number of carboxylic acid groups (broad SMARTS) is 1. The van der Waals surface area contributed by atoms with Crippen molar-refractivity contribution in [2.45, 2.75) is 25.8 Å². The summed E-state index contributed by atoms with van der Waals surface area (Å²) in [5.41, 5.74) is -0.768. The standard InChI is InChI=1S/C12H13FN2O2/c1-3-12(2,11(16)17)15-10-5-4-9(13)6-8(10)7-14/h4-6,15H,3H2,1-2H3,(H,16,17). The molecule has 1 aromatic carbocycles. The minimum atomic E-state index is -1.18. The van der Waals surface area contributed by atoms with Gasteiger partial charge in [0.05, 0.1) is 11.3 Å². The Labute approximate surface area is 98.7 Å². The van der Waals surface area contributed by atoms with Gasteiger partial charge in [0.25, 0.3) is 0 Å². The lowest BCUT2D eigenvalue weighted by Crippen LogP contribution is -2.42. The zero-order chi connectivity index (χ0) is 13.1. The van der Waals surface area contributed by atoms with Crippen molar-refractivity contribution in [3.63, 3.8) is 0 Å². The van der Waals surface area contributed by atoms with Gasteiger partial charge in [-0.1, -0.05) is 6.92 Å². The summed E-state index contributed by atoms with van der Waals surface area (Å²) in [7, 11) is 0. The molecule has 1 aromatic rings. The molecule has 0 aliphatic heterocycles. The van der Waals surface area contributed by atoms with E-state index in [9.17, 15) is 9.18 Å². The van der Waals surface area contributed by atoms with E-state index in [0.29, 0.717) is 12.1 Å². The average molecular weight is 236 g/mol. The molecule has 0 aliphatic rings. The molecule has 0 fully saturated rings.